The van der Waals surface area contributed by atoms with Crippen LogP contribution < -0.4 is 15.8 Å². The van der Waals surface area contributed by atoms with Crippen LogP contribution in [0.4, 0.5) is 5.69 Å². The average molecular weight is 299 g/mol. The van der Waals surface area contributed by atoms with Crippen molar-refractivity contribution in [1.29, 1.82) is 0 Å². The molecule has 0 radical (unpaired) electrons. The van der Waals surface area contributed by atoms with E-state index >= 15 is 0 Å². The molecule has 1 aromatic carbocycles. The number of rotatable bonds is 4. The lowest BCUT2D eigenvalue weighted by Gasteiger charge is -2.23. The number of ether oxygens (including phenoxy) is 1. The predicted molar refractivity (Wildman–Crippen MR) is 73.7 cm³/mol. The standard InChI is InChI=1S/C12H17N3O4S/c13-20(17,18)11-4-2-1-3-10(11)15-12(16)7-9-8-14-5-6-19-9/h1-4,9,14H,5-8H2,(H,15,16)(H2,13,17,18). The third-order valence-corrected chi connectivity index (χ3v) is 3.85. The van der Waals surface area contributed by atoms with E-state index in [1.54, 1.807) is 12.1 Å². The molecule has 8 heteroatoms. The van der Waals surface area contributed by atoms with Gasteiger partial charge >= 0.3 is 0 Å². The van der Waals surface area contributed by atoms with Crippen LogP contribution in [0.3, 0.4) is 0 Å². The highest BCUT2D eigenvalue weighted by atomic mass is 32.2. The Labute approximate surface area is 117 Å². The second-order valence-corrected chi connectivity index (χ2v) is 6.02. The minimum atomic E-state index is -3.87. The number of amides is 1. The highest BCUT2D eigenvalue weighted by Crippen LogP contribution is 2.19. The Balaban J connectivity index is 2.04. The summed E-state index contributed by atoms with van der Waals surface area (Å²) in [6.07, 6.45) is -0.0447. The van der Waals surface area contributed by atoms with Crippen molar-refractivity contribution in [2.24, 2.45) is 5.14 Å². The molecule has 0 aromatic heterocycles. The first-order valence-electron chi connectivity index (χ1n) is 6.21. The molecule has 1 aliphatic rings. The van der Waals surface area contributed by atoms with Crippen molar-refractivity contribution in [1.82, 2.24) is 5.32 Å². The van der Waals surface area contributed by atoms with Crippen LogP contribution in [0, 0.1) is 0 Å². The number of para-hydroxylation sites is 1. The Hall–Kier alpha value is -1.48. The minimum absolute atomic E-state index is 0.101. The van der Waals surface area contributed by atoms with E-state index in [1.165, 1.54) is 12.1 Å². The Morgan fingerprint density at radius 3 is 2.85 bits per heavy atom. The number of carbonyl (C=O) groups is 1. The lowest BCUT2D eigenvalue weighted by atomic mass is 10.2. The quantitative estimate of drug-likeness (QED) is 0.704. The van der Waals surface area contributed by atoms with E-state index in [0.29, 0.717) is 13.2 Å². The molecule has 1 amide bonds. The first kappa shape index (κ1) is 14.9. The van der Waals surface area contributed by atoms with Crippen molar-refractivity contribution < 1.29 is 17.9 Å². The number of benzene rings is 1. The zero-order valence-corrected chi connectivity index (χ0v) is 11.7. The fraction of sp³-hybridized carbons (Fsp3) is 0.417. The highest BCUT2D eigenvalue weighted by molar-refractivity contribution is 7.89. The maximum atomic E-state index is 11.9. The van der Waals surface area contributed by atoms with E-state index in [-0.39, 0.29) is 29.0 Å². The van der Waals surface area contributed by atoms with Crippen LogP contribution in [0.5, 0.6) is 0 Å². The summed E-state index contributed by atoms with van der Waals surface area (Å²) in [5, 5.41) is 10.8. The fourth-order valence-corrected chi connectivity index (χ4v) is 2.67. The molecule has 1 unspecified atom stereocenters. The summed E-state index contributed by atoms with van der Waals surface area (Å²) in [5.74, 6) is -0.310. The van der Waals surface area contributed by atoms with E-state index in [1.807, 2.05) is 0 Å². The van der Waals surface area contributed by atoms with Crippen molar-refractivity contribution in [2.75, 3.05) is 25.0 Å². The first-order valence-corrected chi connectivity index (χ1v) is 7.75. The second-order valence-electron chi connectivity index (χ2n) is 4.49. The van der Waals surface area contributed by atoms with Crippen LogP contribution in [-0.2, 0) is 19.6 Å². The van der Waals surface area contributed by atoms with Gasteiger partial charge < -0.3 is 15.4 Å². The van der Waals surface area contributed by atoms with Gasteiger partial charge in [0.1, 0.15) is 4.90 Å². The van der Waals surface area contributed by atoms with E-state index < -0.39 is 10.0 Å². The molecule has 2 rings (SSSR count). The van der Waals surface area contributed by atoms with Crippen LogP contribution >= 0.6 is 0 Å². The summed E-state index contributed by atoms with van der Waals surface area (Å²) in [7, 11) is -3.87. The maximum Gasteiger partial charge on any atom is 0.240 e. The summed E-state index contributed by atoms with van der Waals surface area (Å²) in [6, 6.07) is 6.02. The van der Waals surface area contributed by atoms with Crippen molar-refractivity contribution in [2.45, 2.75) is 17.4 Å². The number of carbonyl (C=O) groups excluding carboxylic acids is 1. The molecule has 110 valence electrons. The number of nitrogens with one attached hydrogen (secondary N) is 2. The van der Waals surface area contributed by atoms with Crippen molar-refractivity contribution in [3.63, 3.8) is 0 Å². The Kier molecular flexibility index (Phi) is 4.71. The van der Waals surface area contributed by atoms with E-state index in [2.05, 4.69) is 10.6 Å². The summed E-state index contributed by atoms with van der Waals surface area (Å²) < 4.78 is 28.3. The zero-order chi connectivity index (χ0) is 14.6. The molecule has 4 N–H and O–H groups in total. The molecule has 0 aliphatic carbocycles. The first-order chi connectivity index (χ1) is 9.47. The van der Waals surface area contributed by atoms with Crippen LogP contribution in [0.15, 0.2) is 29.2 Å². The molecule has 20 heavy (non-hydrogen) atoms. The van der Waals surface area contributed by atoms with Gasteiger partial charge in [0.15, 0.2) is 0 Å². The van der Waals surface area contributed by atoms with Gasteiger partial charge in [-0.2, -0.15) is 0 Å². The lowest BCUT2D eigenvalue weighted by molar-refractivity contribution is -0.119. The van der Waals surface area contributed by atoms with Gasteiger partial charge in [-0.15, -0.1) is 0 Å². The maximum absolute atomic E-state index is 11.9. The highest BCUT2D eigenvalue weighted by Gasteiger charge is 2.19. The van der Waals surface area contributed by atoms with Crippen LogP contribution in [0.2, 0.25) is 0 Å². The van der Waals surface area contributed by atoms with Gasteiger partial charge in [0.05, 0.1) is 24.8 Å². The van der Waals surface area contributed by atoms with Gasteiger partial charge in [0, 0.05) is 13.1 Å². The Bertz CT molecular complexity index is 582. The number of sulfonamides is 1. The van der Waals surface area contributed by atoms with Crippen LogP contribution in [-0.4, -0.2) is 40.1 Å². The largest absolute Gasteiger partial charge is 0.375 e. The van der Waals surface area contributed by atoms with Crippen LogP contribution in [0.1, 0.15) is 6.42 Å². The fourth-order valence-electron chi connectivity index (χ4n) is 1.98. The third-order valence-electron chi connectivity index (χ3n) is 2.89. The Morgan fingerprint density at radius 2 is 2.20 bits per heavy atom. The number of hydrogen-bond donors (Lipinski definition) is 3. The summed E-state index contributed by atoms with van der Waals surface area (Å²) in [4.78, 5) is 11.8. The molecule has 0 saturated carbocycles. The topological polar surface area (TPSA) is 111 Å². The SMILES string of the molecule is NS(=O)(=O)c1ccccc1NC(=O)CC1CNCCO1. The molecule has 1 aliphatic heterocycles. The molecular weight excluding hydrogens is 282 g/mol. The van der Waals surface area contributed by atoms with Crippen molar-refractivity contribution in [3.05, 3.63) is 24.3 Å². The predicted octanol–water partition coefficient (Wildman–Crippen LogP) is -0.349. The number of anilines is 1. The van der Waals surface area contributed by atoms with Gasteiger partial charge in [0.25, 0.3) is 0 Å². The van der Waals surface area contributed by atoms with Gasteiger partial charge in [-0.3, -0.25) is 4.79 Å². The summed E-state index contributed by atoms with van der Waals surface area (Å²) >= 11 is 0. The molecule has 0 spiro atoms. The van der Waals surface area contributed by atoms with Gasteiger partial charge in [-0.05, 0) is 12.1 Å². The molecule has 7 nitrogen and oxygen atoms in total. The third kappa shape index (κ3) is 4.01. The second kappa shape index (κ2) is 6.31. The van der Waals surface area contributed by atoms with Gasteiger partial charge in [-0.25, -0.2) is 13.6 Å². The molecule has 1 fully saturated rings. The molecule has 1 saturated heterocycles. The molecular formula is C12H17N3O4S. The minimum Gasteiger partial charge on any atom is -0.375 e. The summed E-state index contributed by atoms with van der Waals surface area (Å²) in [5.41, 5.74) is 0.184. The van der Waals surface area contributed by atoms with Crippen molar-refractivity contribution in [3.8, 4) is 0 Å². The monoisotopic (exact) mass is 299 g/mol. The smallest absolute Gasteiger partial charge is 0.240 e. The van der Waals surface area contributed by atoms with Gasteiger partial charge in [0.2, 0.25) is 15.9 Å². The molecule has 1 heterocycles. The average Bonchev–Trinajstić information content (AvgIpc) is 2.39. The number of morpholine rings is 1. The lowest BCUT2D eigenvalue weighted by Crippen LogP contribution is -2.40. The number of primary sulfonamides is 1. The Morgan fingerprint density at radius 1 is 1.45 bits per heavy atom. The van der Waals surface area contributed by atoms with Gasteiger partial charge in [-0.1, -0.05) is 12.1 Å². The van der Waals surface area contributed by atoms with E-state index in [9.17, 15) is 13.2 Å². The molecule has 1 atom stereocenters. The normalized spacial score (nSPS) is 19.6. The molecule has 1 aromatic rings. The zero-order valence-electron chi connectivity index (χ0n) is 10.8. The molecule has 0 bridgehead atoms. The van der Waals surface area contributed by atoms with Crippen molar-refractivity contribution >= 4 is 21.6 Å². The van der Waals surface area contributed by atoms with E-state index in [0.717, 1.165) is 6.54 Å². The van der Waals surface area contributed by atoms with Crippen LogP contribution in [0.25, 0.3) is 0 Å². The number of hydrogen-bond acceptors (Lipinski definition) is 5. The number of nitrogens with two attached hydrogens (primary N) is 1. The van der Waals surface area contributed by atoms with E-state index in [4.69, 9.17) is 9.88 Å². The summed E-state index contributed by atoms with van der Waals surface area (Å²) in [6.45, 7) is 1.93.